The van der Waals surface area contributed by atoms with Gasteiger partial charge in [0.2, 0.25) is 0 Å². The summed E-state index contributed by atoms with van der Waals surface area (Å²) in [6.07, 6.45) is 5.54. The van der Waals surface area contributed by atoms with E-state index >= 15 is 0 Å². The minimum atomic E-state index is -0.341. The Morgan fingerprint density at radius 1 is 0.558 bits per heavy atom. The molecule has 9 aromatic rings. The minimum absolute atomic E-state index is 0.341. The van der Waals surface area contributed by atoms with E-state index in [-0.39, 0.29) is 5.82 Å². The third kappa shape index (κ3) is 5.51. The highest BCUT2D eigenvalue weighted by Crippen LogP contribution is 2.44. The summed E-state index contributed by atoms with van der Waals surface area (Å²) in [4.78, 5) is 4.49. The summed E-state index contributed by atoms with van der Waals surface area (Å²) in [5.74, 6) is 1.49. The second-order valence-corrected chi connectivity index (χ2v) is 13.0. The number of aromatic nitrogens is 4. The molecule has 52 heavy (non-hydrogen) atoms. The van der Waals surface area contributed by atoms with Gasteiger partial charge in [-0.25, -0.2) is 14.1 Å². The van der Waals surface area contributed by atoms with Gasteiger partial charge in [0.1, 0.15) is 23.1 Å². The Hall–Kier alpha value is -6.79. The quantitative estimate of drug-likeness (QED) is 0.169. The Morgan fingerprint density at radius 3 is 1.96 bits per heavy atom. The standard InChI is InChI=1S/C46H33FN4O/c1-30-24-31(2)45(33-14-7-4-8-15-33)46(44(30)32-12-5-3-6-13-32)34-28-49-50(29-34)36-16-11-17-37(26-36)52-38-20-21-40-39-18-9-10-19-41(39)51(42(40)27-38)43-25-35(47)22-23-48-43/h3-29H,1-2H3. The first-order valence-electron chi connectivity index (χ1n) is 17.3. The molecule has 250 valence electrons. The number of para-hydroxylation sites is 1. The Morgan fingerprint density at radius 2 is 1.23 bits per heavy atom. The van der Waals surface area contributed by atoms with Crippen LogP contribution in [-0.4, -0.2) is 19.3 Å². The van der Waals surface area contributed by atoms with Crippen LogP contribution in [0.3, 0.4) is 0 Å². The molecule has 6 aromatic carbocycles. The molecule has 0 radical (unpaired) electrons. The number of pyridine rings is 1. The first kappa shape index (κ1) is 31.2. The smallest absolute Gasteiger partial charge is 0.140 e. The first-order valence-corrected chi connectivity index (χ1v) is 17.3. The third-order valence-electron chi connectivity index (χ3n) is 9.62. The van der Waals surface area contributed by atoms with Crippen molar-refractivity contribution >= 4 is 21.8 Å². The van der Waals surface area contributed by atoms with Crippen LogP contribution in [0.4, 0.5) is 4.39 Å². The highest BCUT2D eigenvalue weighted by molar-refractivity contribution is 6.09. The molecule has 0 aliphatic rings. The van der Waals surface area contributed by atoms with Crippen LogP contribution in [0.25, 0.3) is 66.7 Å². The second kappa shape index (κ2) is 12.8. The maximum atomic E-state index is 14.3. The molecular weight excluding hydrogens is 644 g/mol. The van der Waals surface area contributed by atoms with Crippen LogP contribution < -0.4 is 4.74 Å². The molecular formula is C46H33FN4O. The van der Waals surface area contributed by atoms with Gasteiger partial charge >= 0.3 is 0 Å². The number of aryl methyl sites for hydroxylation is 2. The lowest BCUT2D eigenvalue weighted by atomic mass is 9.83. The van der Waals surface area contributed by atoms with Crippen molar-refractivity contribution in [3.8, 4) is 56.4 Å². The summed E-state index contributed by atoms with van der Waals surface area (Å²) >= 11 is 0. The van der Waals surface area contributed by atoms with Crippen LogP contribution in [0.1, 0.15) is 11.1 Å². The van der Waals surface area contributed by atoms with E-state index in [9.17, 15) is 4.39 Å². The normalized spacial score (nSPS) is 11.4. The van der Waals surface area contributed by atoms with Crippen LogP contribution in [-0.2, 0) is 0 Å². The number of benzene rings is 6. The van der Waals surface area contributed by atoms with Gasteiger partial charge < -0.3 is 4.74 Å². The summed E-state index contributed by atoms with van der Waals surface area (Å²) in [5.41, 5.74) is 12.0. The predicted molar refractivity (Wildman–Crippen MR) is 208 cm³/mol. The zero-order valence-electron chi connectivity index (χ0n) is 28.7. The van der Waals surface area contributed by atoms with E-state index in [0.717, 1.165) is 38.6 Å². The van der Waals surface area contributed by atoms with Crippen molar-refractivity contribution in [1.82, 2.24) is 19.3 Å². The number of fused-ring (bicyclic) bond motifs is 3. The number of halogens is 1. The molecule has 0 fully saturated rings. The van der Waals surface area contributed by atoms with E-state index in [0.29, 0.717) is 17.3 Å². The molecule has 0 N–H and O–H groups in total. The molecule has 3 aromatic heterocycles. The van der Waals surface area contributed by atoms with E-state index in [2.05, 4.69) is 97.8 Å². The molecule has 0 aliphatic carbocycles. The summed E-state index contributed by atoms with van der Waals surface area (Å²) < 4.78 is 24.7. The van der Waals surface area contributed by atoms with Gasteiger partial charge in [-0.2, -0.15) is 5.10 Å². The molecule has 9 rings (SSSR count). The zero-order valence-corrected chi connectivity index (χ0v) is 28.7. The molecule has 0 atom stereocenters. The highest BCUT2D eigenvalue weighted by atomic mass is 19.1. The summed E-state index contributed by atoms with van der Waals surface area (Å²) in [7, 11) is 0. The second-order valence-electron chi connectivity index (χ2n) is 13.0. The molecule has 0 spiro atoms. The van der Waals surface area contributed by atoms with Gasteiger partial charge in [-0.15, -0.1) is 0 Å². The molecule has 5 nitrogen and oxygen atoms in total. The van der Waals surface area contributed by atoms with Crippen molar-refractivity contribution in [3.63, 3.8) is 0 Å². The van der Waals surface area contributed by atoms with Gasteiger partial charge in [-0.05, 0) is 83.6 Å². The number of rotatable bonds is 7. The molecule has 0 saturated carbocycles. The summed E-state index contributed by atoms with van der Waals surface area (Å²) in [5, 5.41) is 6.96. The fraction of sp³-hybridized carbons (Fsp3) is 0.0435. The lowest BCUT2D eigenvalue weighted by Gasteiger charge is -2.20. The van der Waals surface area contributed by atoms with Gasteiger partial charge in [-0.3, -0.25) is 4.57 Å². The average molecular weight is 677 g/mol. The minimum Gasteiger partial charge on any atom is -0.457 e. The summed E-state index contributed by atoms with van der Waals surface area (Å²) in [6.45, 7) is 4.37. The maximum absolute atomic E-state index is 14.3. The monoisotopic (exact) mass is 676 g/mol. The highest BCUT2D eigenvalue weighted by Gasteiger charge is 2.21. The van der Waals surface area contributed by atoms with Crippen molar-refractivity contribution < 1.29 is 9.13 Å². The Kier molecular flexibility index (Phi) is 7.70. The Balaban J connectivity index is 1.11. The van der Waals surface area contributed by atoms with Crippen LogP contribution in [0.15, 0.2) is 164 Å². The van der Waals surface area contributed by atoms with E-state index in [1.165, 1.54) is 51.7 Å². The summed E-state index contributed by atoms with van der Waals surface area (Å²) in [6, 6.07) is 48.2. The van der Waals surface area contributed by atoms with E-state index < -0.39 is 0 Å². The SMILES string of the molecule is Cc1cc(C)c(-c2ccccc2)c(-c2cnn(-c3cccc(Oc4ccc5c6ccccc6n(-c6cc(F)ccn6)c5c4)c3)c2)c1-c1ccccc1. The first-order chi connectivity index (χ1) is 25.5. The molecule has 0 bridgehead atoms. The van der Waals surface area contributed by atoms with Crippen LogP contribution in [0.2, 0.25) is 0 Å². The lowest BCUT2D eigenvalue weighted by Crippen LogP contribution is -1.98. The lowest BCUT2D eigenvalue weighted by molar-refractivity contribution is 0.483. The van der Waals surface area contributed by atoms with E-state index in [1.807, 2.05) is 76.1 Å². The number of nitrogens with zero attached hydrogens (tertiary/aromatic N) is 4. The molecule has 3 heterocycles. The predicted octanol–water partition coefficient (Wildman–Crippen LogP) is 11.9. The number of ether oxygens (including phenoxy) is 1. The van der Waals surface area contributed by atoms with E-state index in [1.54, 1.807) is 0 Å². The van der Waals surface area contributed by atoms with Crippen molar-refractivity contribution in [2.45, 2.75) is 13.8 Å². The van der Waals surface area contributed by atoms with Crippen molar-refractivity contribution in [1.29, 1.82) is 0 Å². The number of hydrogen-bond acceptors (Lipinski definition) is 3. The van der Waals surface area contributed by atoms with E-state index in [4.69, 9.17) is 9.84 Å². The van der Waals surface area contributed by atoms with Gasteiger partial charge in [0.25, 0.3) is 0 Å². The third-order valence-corrected chi connectivity index (χ3v) is 9.62. The van der Waals surface area contributed by atoms with Crippen LogP contribution in [0.5, 0.6) is 11.5 Å². The molecule has 0 aliphatic heterocycles. The molecule has 0 amide bonds. The van der Waals surface area contributed by atoms with Gasteiger partial charge in [0, 0.05) is 52.5 Å². The topological polar surface area (TPSA) is 44.9 Å². The number of hydrogen-bond donors (Lipinski definition) is 0. The fourth-order valence-corrected chi connectivity index (χ4v) is 7.43. The van der Waals surface area contributed by atoms with Crippen molar-refractivity contribution in [2.24, 2.45) is 0 Å². The molecule has 6 heteroatoms. The maximum Gasteiger partial charge on any atom is 0.140 e. The van der Waals surface area contributed by atoms with Crippen molar-refractivity contribution in [2.75, 3.05) is 0 Å². The van der Waals surface area contributed by atoms with Crippen LogP contribution in [0, 0.1) is 19.7 Å². The largest absolute Gasteiger partial charge is 0.457 e. The average Bonchev–Trinajstić information content (AvgIpc) is 3.79. The zero-order chi connectivity index (χ0) is 35.2. The Labute approximate surface area is 300 Å². The Bertz CT molecular complexity index is 2680. The van der Waals surface area contributed by atoms with Gasteiger partial charge in [0.15, 0.2) is 0 Å². The van der Waals surface area contributed by atoms with Gasteiger partial charge in [0.05, 0.1) is 22.9 Å². The van der Waals surface area contributed by atoms with Gasteiger partial charge in [-0.1, -0.05) is 91.0 Å². The fourth-order valence-electron chi connectivity index (χ4n) is 7.43. The molecule has 0 unspecified atom stereocenters. The molecule has 0 saturated heterocycles. The van der Waals surface area contributed by atoms with Crippen molar-refractivity contribution in [3.05, 3.63) is 181 Å². The van der Waals surface area contributed by atoms with Crippen LogP contribution >= 0.6 is 0 Å².